The minimum absolute atomic E-state index is 0.0424. The molecule has 148 valence electrons. The molecule has 1 atom stereocenters. The van der Waals surface area contributed by atoms with Crippen molar-refractivity contribution in [3.05, 3.63) is 35.6 Å². The number of likely N-dealkylation sites (tertiary alicyclic amines) is 1. The Labute approximate surface area is 160 Å². The Morgan fingerprint density at radius 1 is 1.15 bits per heavy atom. The van der Waals surface area contributed by atoms with Crippen LogP contribution in [0, 0.1) is 11.2 Å². The maximum atomic E-state index is 13.0. The van der Waals surface area contributed by atoms with Crippen LogP contribution in [0.3, 0.4) is 0 Å². The fourth-order valence-electron chi connectivity index (χ4n) is 4.11. The molecule has 1 aromatic carbocycles. The van der Waals surface area contributed by atoms with E-state index in [-0.39, 0.29) is 23.8 Å². The fourth-order valence-corrected chi connectivity index (χ4v) is 4.11. The van der Waals surface area contributed by atoms with Gasteiger partial charge in [0.1, 0.15) is 5.82 Å². The molecule has 2 fully saturated rings. The molecule has 1 aliphatic heterocycles. The summed E-state index contributed by atoms with van der Waals surface area (Å²) >= 11 is 0. The Hall–Kier alpha value is -2.11. The highest BCUT2D eigenvalue weighted by molar-refractivity contribution is 5.84. The third-order valence-electron chi connectivity index (χ3n) is 5.83. The third kappa shape index (κ3) is 5.21. The first-order valence-electron chi connectivity index (χ1n) is 10.0. The lowest BCUT2D eigenvalue weighted by atomic mass is 9.81. The van der Waals surface area contributed by atoms with E-state index in [1.165, 1.54) is 31.4 Å². The van der Waals surface area contributed by atoms with Crippen molar-refractivity contribution in [3.8, 4) is 0 Å². The van der Waals surface area contributed by atoms with E-state index in [0.29, 0.717) is 19.6 Å². The van der Waals surface area contributed by atoms with Crippen molar-refractivity contribution < 1.29 is 14.0 Å². The molecule has 5 nitrogen and oxygen atoms in total. The van der Waals surface area contributed by atoms with Crippen LogP contribution in [0.25, 0.3) is 0 Å². The standard InChI is InChI=1S/C21H30FN3O2/c1-21(19(26)23-14-16-8-10-17(22)11-9-16)12-5-13-25(15-21)20(27)24-18-6-3-2-4-7-18/h8-11,18H,2-7,12-15H2,1H3,(H,23,26)(H,24,27)/t21-/m1/s1. The number of amides is 3. The second-order valence-electron chi connectivity index (χ2n) is 8.18. The number of benzene rings is 1. The monoisotopic (exact) mass is 375 g/mol. The molecule has 1 aromatic rings. The van der Waals surface area contributed by atoms with Gasteiger partial charge in [-0.05, 0) is 50.3 Å². The summed E-state index contributed by atoms with van der Waals surface area (Å²) in [5, 5.41) is 6.10. The Kier molecular flexibility index (Phi) is 6.34. The summed E-state index contributed by atoms with van der Waals surface area (Å²) in [4.78, 5) is 27.2. The zero-order chi connectivity index (χ0) is 19.3. The molecule has 2 N–H and O–H groups in total. The third-order valence-corrected chi connectivity index (χ3v) is 5.83. The number of urea groups is 1. The minimum atomic E-state index is -0.595. The molecular formula is C21H30FN3O2. The van der Waals surface area contributed by atoms with Gasteiger partial charge in [0.15, 0.2) is 0 Å². The summed E-state index contributed by atoms with van der Waals surface area (Å²) in [6.45, 7) is 3.41. The molecule has 0 spiro atoms. The average Bonchev–Trinajstić information content (AvgIpc) is 2.68. The molecule has 0 bridgehead atoms. The van der Waals surface area contributed by atoms with Gasteiger partial charge >= 0.3 is 6.03 Å². The zero-order valence-corrected chi connectivity index (χ0v) is 16.1. The van der Waals surface area contributed by atoms with E-state index in [9.17, 15) is 14.0 Å². The van der Waals surface area contributed by atoms with Gasteiger partial charge in [-0.3, -0.25) is 4.79 Å². The lowest BCUT2D eigenvalue weighted by Crippen LogP contribution is -2.55. The van der Waals surface area contributed by atoms with E-state index in [1.807, 2.05) is 6.92 Å². The van der Waals surface area contributed by atoms with Crippen LogP contribution in [-0.4, -0.2) is 36.0 Å². The van der Waals surface area contributed by atoms with Crippen LogP contribution in [0.2, 0.25) is 0 Å². The number of hydrogen-bond acceptors (Lipinski definition) is 2. The van der Waals surface area contributed by atoms with Crippen molar-refractivity contribution in [2.75, 3.05) is 13.1 Å². The topological polar surface area (TPSA) is 61.4 Å². The van der Waals surface area contributed by atoms with Crippen molar-refractivity contribution in [2.24, 2.45) is 5.41 Å². The molecule has 0 unspecified atom stereocenters. The highest BCUT2D eigenvalue weighted by Crippen LogP contribution is 2.30. The largest absolute Gasteiger partial charge is 0.351 e. The number of piperidine rings is 1. The van der Waals surface area contributed by atoms with E-state index < -0.39 is 5.41 Å². The molecule has 1 saturated heterocycles. The predicted molar refractivity (Wildman–Crippen MR) is 103 cm³/mol. The first-order chi connectivity index (χ1) is 13.0. The summed E-state index contributed by atoms with van der Waals surface area (Å²) in [6, 6.07) is 6.35. The quantitative estimate of drug-likeness (QED) is 0.845. The average molecular weight is 375 g/mol. The summed E-state index contributed by atoms with van der Waals surface area (Å²) in [6.07, 6.45) is 7.28. The molecule has 0 radical (unpaired) electrons. The van der Waals surface area contributed by atoms with Crippen LogP contribution in [0.4, 0.5) is 9.18 Å². The van der Waals surface area contributed by atoms with Gasteiger partial charge in [-0.15, -0.1) is 0 Å². The van der Waals surface area contributed by atoms with E-state index in [2.05, 4.69) is 10.6 Å². The molecule has 3 amide bonds. The van der Waals surface area contributed by atoms with Gasteiger partial charge in [0.05, 0.1) is 5.41 Å². The van der Waals surface area contributed by atoms with Crippen molar-refractivity contribution in [1.29, 1.82) is 0 Å². The number of hydrogen-bond donors (Lipinski definition) is 2. The maximum Gasteiger partial charge on any atom is 0.317 e. The Bertz CT molecular complexity index is 658. The van der Waals surface area contributed by atoms with Crippen molar-refractivity contribution in [3.63, 3.8) is 0 Å². The molecule has 1 aliphatic carbocycles. The van der Waals surface area contributed by atoms with Gasteiger partial charge in [-0.1, -0.05) is 31.4 Å². The SMILES string of the molecule is C[C@@]1(C(=O)NCc2ccc(F)cc2)CCCN(C(=O)NC2CCCCC2)C1. The van der Waals surface area contributed by atoms with Gasteiger partial charge in [0, 0.05) is 25.7 Å². The maximum absolute atomic E-state index is 13.0. The van der Waals surface area contributed by atoms with Crippen LogP contribution in [-0.2, 0) is 11.3 Å². The molecule has 1 saturated carbocycles. The highest BCUT2D eigenvalue weighted by Gasteiger charge is 2.39. The van der Waals surface area contributed by atoms with E-state index in [4.69, 9.17) is 0 Å². The van der Waals surface area contributed by atoms with E-state index in [1.54, 1.807) is 17.0 Å². The molecule has 6 heteroatoms. The smallest absolute Gasteiger partial charge is 0.317 e. The second kappa shape index (κ2) is 8.72. The summed E-state index contributed by atoms with van der Waals surface area (Å²) in [5.74, 6) is -0.342. The number of carbonyl (C=O) groups excluding carboxylic acids is 2. The van der Waals surface area contributed by atoms with Crippen molar-refractivity contribution in [2.45, 2.75) is 64.5 Å². The first kappa shape index (κ1) is 19.6. The van der Waals surface area contributed by atoms with Gasteiger partial charge in [-0.25, -0.2) is 9.18 Å². The molecule has 2 aliphatic rings. The molecular weight excluding hydrogens is 345 g/mol. The lowest BCUT2D eigenvalue weighted by molar-refractivity contribution is -0.132. The van der Waals surface area contributed by atoms with Gasteiger partial charge in [0.25, 0.3) is 0 Å². The molecule has 3 rings (SSSR count). The zero-order valence-electron chi connectivity index (χ0n) is 16.1. The molecule has 0 aromatic heterocycles. The van der Waals surface area contributed by atoms with Crippen LogP contribution in [0.1, 0.15) is 57.4 Å². The summed E-state index contributed by atoms with van der Waals surface area (Å²) < 4.78 is 13.0. The summed E-state index contributed by atoms with van der Waals surface area (Å²) in [7, 11) is 0. The highest BCUT2D eigenvalue weighted by atomic mass is 19.1. The van der Waals surface area contributed by atoms with Crippen molar-refractivity contribution in [1.82, 2.24) is 15.5 Å². The van der Waals surface area contributed by atoms with Gasteiger partial charge in [-0.2, -0.15) is 0 Å². The van der Waals surface area contributed by atoms with Crippen LogP contribution in [0.15, 0.2) is 24.3 Å². The van der Waals surface area contributed by atoms with E-state index >= 15 is 0 Å². The fraction of sp³-hybridized carbons (Fsp3) is 0.619. The Morgan fingerprint density at radius 2 is 1.85 bits per heavy atom. The Balaban J connectivity index is 1.53. The number of nitrogens with zero attached hydrogens (tertiary/aromatic N) is 1. The van der Waals surface area contributed by atoms with Gasteiger partial charge < -0.3 is 15.5 Å². The van der Waals surface area contributed by atoms with Crippen molar-refractivity contribution >= 4 is 11.9 Å². The normalized spacial score (nSPS) is 23.7. The molecule has 27 heavy (non-hydrogen) atoms. The lowest BCUT2D eigenvalue weighted by Gasteiger charge is -2.40. The van der Waals surface area contributed by atoms with Crippen LogP contribution >= 0.6 is 0 Å². The van der Waals surface area contributed by atoms with Crippen LogP contribution < -0.4 is 10.6 Å². The second-order valence-corrected chi connectivity index (χ2v) is 8.18. The van der Waals surface area contributed by atoms with Crippen LogP contribution in [0.5, 0.6) is 0 Å². The number of halogens is 1. The van der Waals surface area contributed by atoms with Gasteiger partial charge in [0.2, 0.25) is 5.91 Å². The Morgan fingerprint density at radius 3 is 2.56 bits per heavy atom. The minimum Gasteiger partial charge on any atom is -0.351 e. The molecule has 1 heterocycles. The van der Waals surface area contributed by atoms with E-state index in [0.717, 1.165) is 31.2 Å². The number of nitrogens with one attached hydrogen (secondary N) is 2. The number of carbonyl (C=O) groups is 2. The summed E-state index contributed by atoms with van der Waals surface area (Å²) in [5.41, 5.74) is 0.262. The first-order valence-corrected chi connectivity index (χ1v) is 10.0. The number of rotatable bonds is 4. The predicted octanol–water partition coefficient (Wildman–Crippen LogP) is 3.59.